The highest BCUT2D eigenvalue weighted by molar-refractivity contribution is 7.92. The molecule has 28 heavy (non-hydrogen) atoms. The highest BCUT2D eigenvalue weighted by Crippen LogP contribution is 2.27. The van der Waals surface area contributed by atoms with Gasteiger partial charge in [-0.2, -0.15) is 0 Å². The number of sulfonamides is 1. The van der Waals surface area contributed by atoms with Crippen LogP contribution >= 0.6 is 11.6 Å². The summed E-state index contributed by atoms with van der Waals surface area (Å²) in [4.78, 5) is 22.4. The van der Waals surface area contributed by atoms with Gasteiger partial charge in [-0.25, -0.2) is 8.42 Å². The van der Waals surface area contributed by atoms with Crippen LogP contribution in [0.2, 0.25) is 5.02 Å². The van der Waals surface area contributed by atoms with Crippen molar-refractivity contribution in [3.05, 3.63) is 63.2 Å². The van der Waals surface area contributed by atoms with Crippen LogP contribution in [0.4, 0.5) is 17.1 Å². The van der Waals surface area contributed by atoms with Crippen LogP contribution in [0, 0.1) is 17.0 Å². The van der Waals surface area contributed by atoms with Gasteiger partial charge in [0.1, 0.15) is 0 Å². The minimum atomic E-state index is -3.51. The van der Waals surface area contributed by atoms with Gasteiger partial charge in [0.25, 0.3) is 5.69 Å². The number of nitrogens with zero attached hydrogens (tertiary/aromatic N) is 2. The quantitative estimate of drug-likeness (QED) is 0.511. The van der Waals surface area contributed by atoms with Gasteiger partial charge in [0.15, 0.2) is 0 Å². The van der Waals surface area contributed by atoms with Crippen LogP contribution in [0.5, 0.6) is 0 Å². The van der Waals surface area contributed by atoms with E-state index in [1.165, 1.54) is 22.5 Å². The lowest BCUT2D eigenvalue weighted by molar-refractivity contribution is -0.384. The van der Waals surface area contributed by atoms with E-state index in [4.69, 9.17) is 11.6 Å². The first-order chi connectivity index (χ1) is 13.1. The van der Waals surface area contributed by atoms with Crippen LogP contribution in [0.25, 0.3) is 0 Å². The van der Waals surface area contributed by atoms with E-state index in [0.717, 1.165) is 11.8 Å². The fourth-order valence-electron chi connectivity index (χ4n) is 2.63. The molecule has 8 nitrogen and oxygen atoms in total. The molecule has 150 valence electrons. The monoisotopic (exact) mass is 425 g/mol. The van der Waals surface area contributed by atoms with Crippen molar-refractivity contribution in [1.82, 2.24) is 0 Å². The number of benzene rings is 2. The third-order valence-electron chi connectivity index (χ3n) is 3.98. The van der Waals surface area contributed by atoms with Crippen molar-refractivity contribution in [2.24, 2.45) is 0 Å². The van der Waals surface area contributed by atoms with Crippen molar-refractivity contribution in [3.8, 4) is 0 Å². The van der Waals surface area contributed by atoms with E-state index in [-0.39, 0.29) is 35.8 Å². The largest absolute Gasteiger partial charge is 0.325 e. The van der Waals surface area contributed by atoms with Crippen molar-refractivity contribution < 1.29 is 18.1 Å². The SMILES string of the molecule is Cc1ccccc1N(CCCC(=O)Nc1cc([N+](=O)[O-])ccc1Cl)S(C)(=O)=O. The molecule has 0 bridgehead atoms. The summed E-state index contributed by atoms with van der Waals surface area (Å²) < 4.78 is 25.5. The number of hydrogen-bond donors (Lipinski definition) is 1. The standard InChI is InChI=1S/C18H20ClN3O5S/c1-13-6-3-4-7-17(13)21(28(2,26)27)11-5-8-18(23)20-16-12-14(22(24)25)9-10-15(16)19/h3-4,6-7,9-10,12H,5,8,11H2,1-2H3,(H,20,23). The Labute approximate surface area is 168 Å². The molecule has 0 unspecified atom stereocenters. The summed E-state index contributed by atoms with van der Waals surface area (Å²) in [5, 5.41) is 13.5. The number of nitro groups is 1. The Hall–Kier alpha value is -2.65. The lowest BCUT2D eigenvalue weighted by Crippen LogP contribution is -2.32. The van der Waals surface area contributed by atoms with Gasteiger partial charge in [-0.1, -0.05) is 29.8 Å². The van der Waals surface area contributed by atoms with Gasteiger partial charge in [0.05, 0.1) is 27.6 Å². The maximum Gasteiger partial charge on any atom is 0.271 e. The average Bonchev–Trinajstić information content (AvgIpc) is 2.60. The van der Waals surface area contributed by atoms with Crippen LogP contribution in [0.15, 0.2) is 42.5 Å². The molecule has 0 atom stereocenters. The fraction of sp³-hybridized carbons (Fsp3) is 0.278. The second kappa shape index (κ2) is 9.03. The van der Waals surface area contributed by atoms with E-state index >= 15 is 0 Å². The van der Waals surface area contributed by atoms with Gasteiger partial charge in [0, 0.05) is 25.1 Å². The van der Waals surface area contributed by atoms with Crippen molar-refractivity contribution in [3.63, 3.8) is 0 Å². The van der Waals surface area contributed by atoms with Crippen molar-refractivity contribution in [2.45, 2.75) is 19.8 Å². The molecular formula is C18H20ClN3O5S. The number of nitro benzene ring substituents is 1. The summed E-state index contributed by atoms with van der Waals surface area (Å²) >= 11 is 5.96. The van der Waals surface area contributed by atoms with E-state index in [9.17, 15) is 23.3 Å². The smallest absolute Gasteiger partial charge is 0.271 e. The third kappa shape index (κ3) is 5.67. The molecule has 0 saturated heterocycles. The minimum Gasteiger partial charge on any atom is -0.325 e. The summed E-state index contributed by atoms with van der Waals surface area (Å²) in [6.45, 7) is 1.93. The number of carbonyl (C=O) groups excluding carboxylic acids is 1. The third-order valence-corrected chi connectivity index (χ3v) is 5.49. The summed E-state index contributed by atoms with van der Waals surface area (Å²) in [5.74, 6) is -0.416. The maximum absolute atomic E-state index is 12.2. The van der Waals surface area contributed by atoms with E-state index in [2.05, 4.69) is 5.32 Å². The average molecular weight is 426 g/mol. The topological polar surface area (TPSA) is 110 Å². The van der Waals surface area contributed by atoms with Crippen LogP contribution in [0.3, 0.4) is 0 Å². The Morgan fingerprint density at radius 3 is 2.54 bits per heavy atom. The normalized spacial score (nSPS) is 11.1. The highest BCUT2D eigenvalue weighted by Gasteiger charge is 2.19. The van der Waals surface area contributed by atoms with Gasteiger partial charge in [-0.3, -0.25) is 19.2 Å². The number of nitrogens with one attached hydrogen (secondary N) is 1. The van der Waals surface area contributed by atoms with Crippen LogP contribution < -0.4 is 9.62 Å². The number of anilines is 2. The molecule has 2 aromatic rings. The Balaban J connectivity index is 2.03. The first-order valence-corrected chi connectivity index (χ1v) is 10.6. The number of para-hydroxylation sites is 1. The second-order valence-electron chi connectivity index (χ2n) is 6.19. The van der Waals surface area contributed by atoms with Crippen LogP contribution in [-0.4, -0.2) is 32.0 Å². The number of rotatable bonds is 8. The molecular weight excluding hydrogens is 406 g/mol. The van der Waals surface area contributed by atoms with Crippen molar-refractivity contribution in [1.29, 1.82) is 0 Å². The summed E-state index contributed by atoms with van der Waals surface area (Å²) in [5.41, 5.74) is 1.31. The van der Waals surface area contributed by atoms with Crippen molar-refractivity contribution in [2.75, 3.05) is 22.4 Å². The van der Waals surface area contributed by atoms with Gasteiger partial charge >= 0.3 is 0 Å². The Kier molecular flexibility index (Phi) is 6.98. The Morgan fingerprint density at radius 2 is 1.93 bits per heavy atom. The maximum atomic E-state index is 12.2. The predicted octanol–water partition coefficient (Wildman–Crippen LogP) is 3.74. The molecule has 0 fully saturated rings. The van der Waals surface area contributed by atoms with Gasteiger partial charge in [-0.05, 0) is 31.0 Å². The predicted molar refractivity (Wildman–Crippen MR) is 109 cm³/mol. The number of amides is 1. The van der Waals surface area contributed by atoms with Gasteiger partial charge < -0.3 is 5.32 Å². The molecule has 0 aliphatic heterocycles. The fourth-order valence-corrected chi connectivity index (χ4v) is 3.81. The molecule has 0 saturated carbocycles. The highest BCUT2D eigenvalue weighted by atomic mass is 35.5. The van der Waals surface area contributed by atoms with E-state index in [1.807, 2.05) is 19.1 Å². The minimum absolute atomic E-state index is 0.0247. The number of non-ortho nitro benzene ring substituents is 1. The molecule has 1 N–H and O–H groups in total. The van der Waals surface area contributed by atoms with Crippen LogP contribution in [0.1, 0.15) is 18.4 Å². The zero-order chi connectivity index (χ0) is 20.9. The Morgan fingerprint density at radius 1 is 1.25 bits per heavy atom. The molecule has 0 aliphatic carbocycles. The van der Waals surface area contributed by atoms with E-state index in [0.29, 0.717) is 5.69 Å². The molecule has 1 amide bonds. The lowest BCUT2D eigenvalue weighted by Gasteiger charge is -2.24. The Bertz CT molecular complexity index is 994. The van der Waals surface area contributed by atoms with Crippen molar-refractivity contribution >= 4 is 44.6 Å². The number of aryl methyl sites for hydroxylation is 1. The van der Waals surface area contributed by atoms with E-state index in [1.54, 1.807) is 12.1 Å². The van der Waals surface area contributed by atoms with E-state index < -0.39 is 20.9 Å². The number of hydrogen-bond acceptors (Lipinski definition) is 5. The summed E-state index contributed by atoms with van der Waals surface area (Å²) in [6.07, 6.45) is 1.40. The van der Waals surface area contributed by atoms with Gasteiger partial charge in [0.2, 0.25) is 15.9 Å². The zero-order valence-electron chi connectivity index (χ0n) is 15.4. The molecule has 0 aliphatic rings. The lowest BCUT2D eigenvalue weighted by atomic mass is 10.2. The summed E-state index contributed by atoms with van der Waals surface area (Å²) in [7, 11) is -3.51. The molecule has 10 heteroatoms. The molecule has 0 aromatic heterocycles. The second-order valence-corrected chi connectivity index (χ2v) is 8.51. The molecule has 0 radical (unpaired) electrons. The first-order valence-electron chi connectivity index (χ1n) is 8.36. The molecule has 2 aromatic carbocycles. The number of halogens is 1. The zero-order valence-corrected chi connectivity index (χ0v) is 17.0. The summed E-state index contributed by atoms with van der Waals surface area (Å²) in [6, 6.07) is 10.8. The number of carbonyl (C=O) groups is 1. The van der Waals surface area contributed by atoms with Crippen LogP contribution in [-0.2, 0) is 14.8 Å². The molecule has 0 heterocycles. The first kappa shape index (κ1) is 21.6. The molecule has 2 rings (SSSR count). The molecule has 0 spiro atoms. The van der Waals surface area contributed by atoms with Gasteiger partial charge in [-0.15, -0.1) is 0 Å².